The normalized spacial score (nSPS) is 12.0. The summed E-state index contributed by atoms with van der Waals surface area (Å²) < 4.78 is 22.7. The first-order valence-electron chi connectivity index (χ1n) is 12.4. The Bertz CT molecular complexity index is 1640. The SMILES string of the molecule is COc1c(C)c(C=CC(=O)C=C(O)C=Cc2c(C)c(OC)c3ccccc3c2OC)c(OC)c2ccccc12. The van der Waals surface area contributed by atoms with Gasteiger partial charge in [-0.3, -0.25) is 4.79 Å². The van der Waals surface area contributed by atoms with Crippen LogP contribution in [0, 0.1) is 13.8 Å². The fourth-order valence-corrected chi connectivity index (χ4v) is 4.98. The van der Waals surface area contributed by atoms with Crippen molar-refractivity contribution in [1.29, 1.82) is 0 Å². The maximum atomic E-state index is 12.8. The maximum Gasteiger partial charge on any atom is 0.182 e. The van der Waals surface area contributed by atoms with Crippen LogP contribution in [0.1, 0.15) is 22.3 Å². The van der Waals surface area contributed by atoms with Gasteiger partial charge in [-0.1, -0.05) is 48.5 Å². The number of rotatable bonds is 9. The van der Waals surface area contributed by atoms with Crippen LogP contribution in [0.2, 0.25) is 0 Å². The molecule has 39 heavy (non-hydrogen) atoms. The summed E-state index contributed by atoms with van der Waals surface area (Å²) in [7, 11) is 6.45. The van der Waals surface area contributed by atoms with Crippen molar-refractivity contribution in [1.82, 2.24) is 0 Å². The van der Waals surface area contributed by atoms with Crippen molar-refractivity contribution >= 4 is 39.5 Å². The highest BCUT2D eigenvalue weighted by Crippen LogP contribution is 2.42. The van der Waals surface area contributed by atoms with Gasteiger partial charge in [-0.25, -0.2) is 0 Å². The van der Waals surface area contributed by atoms with Crippen molar-refractivity contribution in [2.45, 2.75) is 13.8 Å². The third-order valence-corrected chi connectivity index (χ3v) is 6.75. The number of fused-ring (bicyclic) bond motifs is 2. The number of ketones is 1. The number of aliphatic hydroxyl groups excluding tert-OH is 1. The fraction of sp³-hybridized carbons (Fsp3) is 0.182. The Morgan fingerprint density at radius 3 is 1.36 bits per heavy atom. The predicted molar refractivity (Wildman–Crippen MR) is 157 cm³/mol. The van der Waals surface area contributed by atoms with Crippen LogP contribution in [0.5, 0.6) is 23.0 Å². The largest absolute Gasteiger partial charge is 0.508 e. The second-order valence-corrected chi connectivity index (χ2v) is 8.94. The lowest BCUT2D eigenvalue weighted by atomic mass is 9.97. The van der Waals surface area contributed by atoms with Crippen LogP contribution >= 0.6 is 0 Å². The smallest absolute Gasteiger partial charge is 0.182 e. The monoisotopic (exact) mass is 524 g/mol. The average Bonchev–Trinajstić information content (AvgIpc) is 2.94. The molecular formula is C33H32O6. The Hall–Kier alpha value is -4.71. The van der Waals surface area contributed by atoms with Gasteiger partial charge in [0.05, 0.1) is 28.4 Å². The first-order valence-corrected chi connectivity index (χ1v) is 12.4. The van der Waals surface area contributed by atoms with E-state index < -0.39 is 0 Å². The zero-order valence-electron chi connectivity index (χ0n) is 23.0. The second kappa shape index (κ2) is 11.8. The fourth-order valence-electron chi connectivity index (χ4n) is 4.98. The summed E-state index contributed by atoms with van der Waals surface area (Å²) in [6, 6.07) is 15.6. The number of aliphatic hydroxyl groups is 1. The second-order valence-electron chi connectivity index (χ2n) is 8.94. The van der Waals surface area contributed by atoms with Gasteiger partial charge in [-0.2, -0.15) is 0 Å². The minimum Gasteiger partial charge on any atom is -0.508 e. The summed E-state index contributed by atoms with van der Waals surface area (Å²) in [4.78, 5) is 12.8. The van der Waals surface area contributed by atoms with E-state index >= 15 is 0 Å². The Labute approximate surface area is 228 Å². The van der Waals surface area contributed by atoms with Crippen molar-refractivity contribution in [3.05, 3.63) is 94.8 Å². The molecule has 0 saturated carbocycles. The Kier molecular flexibility index (Phi) is 8.25. The molecule has 0 aromatic heterocycles. The van der Waals surface area contributed by atoms with Gasteiger partial charge in [0.25, 0.3) is 0 Å². The van der Waals surface area contributed by atoms with Crippen molar-refractivity contribution in [3.63, 3.8) is 0 Å². The third kappa shape index (κ3) is 5.18. The lowest BCUT2D eigenvalue weighted by Gasteiger charge is -2.17. The molecule has 0 aliphatic rings. The molecule has 0 radical (unpaired) electrons. The number of benzene rings is 4. The highest BCUT2D eigenvalue weighted by Gasteiger charge is 2.18. The van der Waals surface area contributed by atoms with E-state index in [2.05, 4.69) is 0 Å². The standard InChI is InChI=1S/C33H32O6/c1-20-24(32(38-5)28-13-9-7-11-26(28)30(20)36-3)17-15-22(34)19-23(35)16-18-25-21(2)31(37-4)27-12-8-10-14-29(27)33(25)39-6/h7-19,34H,1-6H3. The highest BCUT2D eigenvalue weighted by atomic mass is 16.5. The number of carbonyl (C=O) groups excluding carboxylic acids is 1. The molecule has 6 nitrogen and oxygen atoms in total. The molecule has 4 rings (SSSR count). The minimum atomic E-state index is -0.384. The van der Waals surface area contributed by atoms with E-state index in [4.69, 9.17) is 18.9 Å². The number of hydrogen-bond acceptors (Lipinski definition) is 6. The summed E-state index contributed by atoms with van der Waals surface area (Å²) in [5, 5.41) is 14.2. The summed E-state index contributed by atoms with van der Waals surface area (Å²) in [5.74, 6) is 2.17. The molecule has 0 bridgehead atoms. The van der Waals surface area contributed by atoms with Gasteiger partial charge >= 0.3 is 0 Å². The van der Waals surface area contributed by atoms with E-state index in [1.807, 2.05) is 62.4 Å². The predicted octanol–water partition coefficient (Wildman–Crippen LogP) is 7.38. The highest BCUT2D eigenvalue weighted by molar-refractivity contribution is 6.05. The van der Waals surface area contributed by atoms with Gasteiger partial charge in [-0.05, 0) is 38.2 Å². The van der Waals surface area contributed by atoms with Gasteiger partial charge in [-0.15, -0.1) is 0 Å². The summed E-state index contributed by atoms with van der Waals surface area (Å²) in [6.07, 6.45) is 7.42. The van der Waals surface area contributed by atoms with Crippen LogP contribution in [0.3, 0.4) is 0 Å². The summed E-state index contributed by atoms with van der Waals surface area (Å²) >= 11 is 0. The van der Waals surface area contributed by atoms with Gasteiger partial charge in [0.15, 0.2) is 5.78 Å². The number of hydrogen-bond donors (Lipinski definition) is 1. The van der Waals surface area contributed by atoms with E-state index in [1.165, 1.54) is 12.2 Å². The molecule has 0 saturated heterocycles. The molecular weight excluding hydrogens is 492 g/mol. The van der Waals surface area contributed by atoms with Crippen LogP contribution in [-0.2, 0) is 4.79 Å². The lowest BCUT2D eigenvalue weighted by molar-refractivity contribution is -0.110. The van der Waals surface area contributed by atoms with E-state index in [-0.39, 0.29) is 11.5 Å². The average molecular weight is 525 g/mol. The van der Waals surface area contributed by atoms with Gasteiger partial charge in [0.2, 0.25) is 0 Å². The third-order valence-electron chi connectivity index (χ3n) is 6.75. The molecule has 0 spiro atoms. The first kappa shape index (κ1) is 27.3. The molecule has 0 unspecified atom stereocenters. The Morgan fingerprint density at radius 2 is 0.974 bits per heavy atom. The van der Waals surface area contributed by atoms with Crippen molar-refractivity contribution < 1.29 is 28.8 Å². The van der Waals surface area contributed by atoms with Gasteiger partial charge < -0.3 is 24.1 Å². The van der Waals surface area contributed by atoms with Gasteiger partial charge in [0, 0.05) is 49.9 Å². The maximum absolute atomic E-state index is 12.8. The van der Waals surface area contributed by atoms with Crippen molar-refractivity contribution in [2.75, 3.05) is 28.4 Å². The van der Waals surface area contributed by atoms with Crippen LogP contribution in [0.25, 0.3) is 33.7 Å². The minimum absolute atomic E-state index is 0.196. The van der Waals surface area contributed by atoms with Crippen LogP contribution in [0.15, 0.2) is 72.5 Å². The lowest BCUT2D eigenvalue weighted by Crippen LogP contribution is -1.98. The topological polar surface area (TPSA) is 74.2 Å². The number of carbonyl (C=O) groups is 1. The molecule has 0 aliphatic heterocycles. The van der Waals surface area contributed by atoms with E-state index in [9.17, 15) is 9.90 Å². The first-order chi connectivity index (χ1) is 18.9. The summed E-state index contributed by atoms with van der Waals surface area (Å²) in [5.41, 5.74) is 3.18. The van der Waals surface area contributed by atoms with Crippen LogP contribution < -0.4 is 18.9 Å². The Balaban J connectivity index is 1.67. The number of ether oxygens (including phenoxy) is 4. The Morgan fingerprint density at radius 1 is 0.615 bits per heavy atom. The molecule has 0 heterocycles. The van der Waals surface area contributed by atoms with E-state index in [1.54, 1.807) is 40.6 Å². The molecule has 1 N–H and O–H groups in total. The quantitative estimate of drug-likeness (QED) is 0.140. The van der Waals surface area contributed by atoms with Crippen molar-refractivity contribution in [2.24, 2.45) is 0 Å². The van der Waals surface area contributed by atoms with Gasteiger partial charge in [0.1, 0.15) is 28.8 Å². The molecule has 200 valence electrons. The molecule has 0 atom stereocenters. The molecule has 6 heteroatoms. The molecule has 0 amide bonds. The molecule has 0 aliphatic carbocycles. The molecule has 4 aromatic rings. The summed E-state index contributed by atoms with van der Waals surface area (Å²) in [6.45, 7) is 3.84. The zero-order chi connectivity index (χ0) is 28.1. The van der Waals surface area contributed by atoms with Crippen LogP contribution in [0.4, 0.5) is 0 Å². The zero-order valence-corrected chi connectivity index (χ0v) is 23.0. The van der Waals surface area contributed by atoms with E-state index in [0.29, 0.717) is 11.5 Å². The van der Waals surface area contributed by atoms with E-state index in [0.717, 1.165) is 61.4 Å². The molecule has 0 fully saturated rings. The van der Waals surface area contributed by atoms with Crippen LogP contribution in [-0.4, -0.2) is 39.3 Å². The molecule has 4 aromatic carbocycles. The number of allylic oxidation sites excluding steroid dienone is 3. The van der Waals surface area contributed by atoms with Crippen molar-refractivity contribution in [3.8, 4) is 23.0 Å². The number of methoxy groups -OCH3 is 4.